The molecular formula is C17H18F2N2. The van der Waals surface area contributed by atoms with Gasteiger partial charge in [0.15, 0.2) is 0 Å². The highest BCUT2D eigenvalue weighted by Gasteiger charge is 2.13. The predicted molar refractivity (Wildman–Crippen MR) is 79.9 cm³/mol. The fraction of sp³-hybridized carbons (Fsp3) is 0.294. The fourth-order valence-electron chi connectivity index (χ4n) is 2.63. The Morgan fingerprint density at radius 2 is 1.71 bits per heavy atom. The summed E-state index contributed by atoms with van der Waals surface area (Å²) in [5, 5.41) is 3.28. The monoisotopic (exact) mass is 288 g/mol. The van der Waals surface area contributed by atoms with Crippen molar-refractivity contribution in [2.75, 3.05) is 26.2 Å². The summed E-state index contributed by atoms with van der Waals surface area (Å²) < 4.78 is 27.5. The summed E-state index contributed by atoms with van der Waals surface area (Å²) >= 11 is 0. The number of nitrogens with zero attached hydrogens (tertiary/aromatic N) is 1. The molecule has 0 bridgehead atoms. The largest absolute Gasteiger partial charge is 0.314 e. The van der Waals surface area contributed by atoms with E-state index < -0.39 is 0 Å². The van der Waals surface area contributed by atoms with Crippen LogP contribution in [-0.4, -0.2) is 31.1 Å². The van der Waals surface area contributed by atoms with Crippen molar-refractivity contribution in [2.45, 2.75) is 6.54 Å². The summed E-state index contributed by atoms with van der Waals surface area (Å²) in [6, 6.07) is 11.4. The molecule has 0 unspecified atom stereocenters. The van der Waals surface area contributed by atoms with Crippen molar-refractivity contribution in [3.63, 3.8) is 0 Å². The van der Waals surface area contributed by atoms with Crippen molar-refractivity contribution in [3.8, 4) is 11.1 Å². The van der Waals surface area contributed by atoms with Gasteiger partial charge in [0, 0.05) is 38.3 Å². The van der Waals surface area contributed by atoms with Gasteiger partial charge in [0.1, 0.15) is 11.6 Å². The van der Waals surface area contributed by atoms with Gasteiger partial charge in [0.25, 0.3) is 0 Å². The van der Waals surface area contributed by atoms with Gasteiger partial charge in [0.2, 0.25) is 0 Å². The number of rotatable bonds is 3. The molecule has 0 spiro atoms. The highest BCUT2D eigenvalue weighted by molar-refractivity contribution is 5.63. The van der Waals surface area contributed by atoms with E-state index in [1.165, 1.54) is 18.2 Å². The topological polar surface area (TPSA) is 15.3 Å². The number of halogens is 2. The number of benzene rings is 2. The van der Waals surface area contributed by atoms with Crippen LogP contribution in [0, 0.1) is 11.6 Å². The molecule has 0 saturated carbocycles. The highest BCUT2D eigenvalue weighted by atomic mass is 19.1. The molecule has 0 atom stereocenters. The minimum absolute atomic E-state index is 0.227. The van der Waals surface area contributed by atoms with Gasteiger partial charge in [-0.2, -0.15) is 0 Å². The van der Waals surface area contributed by atoms with Crippen molar-refractivity contribution < 1.29 is 8.78 Å². The molecular weight excluding hydrogens is 270 g/mol. The molecule has 0 aromatic heterocycles. The van der Waals surface area contributed by atoms with Crippen LogP contribution in [-0.2, 0) is 6.54 Å². The highest BCUT2D eigenvalue weighted by Crippen LogP contribution is 2.23. The summed E-state index contributed by atoms with van der Waals surface area (Å²) in [6.07, 6.45) is 0. The first-order valence-corrected chi connectivity index (χ1v) is 7.20. The van der Waals surface area contributed by atoms with Gasteiger partial charge < -0.3 is 5.32 Å². The Hall–Kier alpha value is -1.78. The lowest BCUT2D eigenvalue weighted by Crippen LogP contribution is -2.43. The van der Waals surface area contributed by atoms with Crippen LogP contribution in [0.2, 0.25) is 0 Å². The second-order valence-electron chi connectivity index (χ2n) is 5.34. The van der Waals surface area contributed by atoms with Crippen LogP contribution in [0.1, 0.15) is 5.56 Å². The molecule has 1 saturated heterocycles. The number of piperazine rings is 1. The first-order valence-electron chi connectivity index (χ1n) is 7.20. The molecule has 1 aliphatic rings. The number of hydrogen-bond donors (Lipinski definition) is 1. The average Bonchev–Trinajstić information content (AvgIpc) is 2.50. The van der Waals surface area contributed by atoms with Crippen molar-refractivity contribution in [1.82, 2.24) is 10.2 Å². The zero-order valence-electron chi connectivity index (χ0n) is 11.8. The van der Waals surface area contributed by atoms with Gasteiger partial charge in [-0.15, -0.1) is 0 Å². The van der Waals surface area contributed by atoms with Crippen LogP contribution < -0.4 is 5.32 Å². The van der Waals surface area contributed by atoms with E-state index in [9.17, 15) is 8.78 Å². The van der Waals surface area contributed by atoms with Gasteiger partial charge in [-0.1, -0.05) is 24.3 Å². The van der Waals surface area contributed by atoms with Gasteiger partial charge in [0.05, 0.1) is 0 Å². The molecule has 2 aromatic carbocycles. The smallest absolute Gasteiger partial charge is 0.128 e. The number of nitrogens with one attached hydrogen (secondary N) is 1. The standard InChI is InChI=1S/C17H18F2N2/c18-16-3-1-2-13(10-16)14-4-5-15(17(19)11-14)12-21-8-6-20-7-9-21/h1-5,10-11,20H,6-9,12H2. The minimum atomic E-state index is -0.308. The Morgan fingerprint density at radius 1 is 0.952 bits per heavy atom. The van der Waals surface area contributed by atoms with Crippen molar-refractivity contribution >= 4 is 0 Å². The molecule has 1 heterocycles. The predicted octanol–water partition coefficient (Wildman–Crippen LogP) is 3.04. The molecule has 4 heteroatoms. The fourth-order valence-corrected chi connectivity index (χ4v) is 2.63. The minimum Gasteiger partial charge on any atom is -0.314 e. The molecule has 3 rings (SSSR count). The van der Waals surface area contributed by atoms with Gasteiger partial charge in [-0.3, -0.25) is 4.90 Å². The zero-order valence-corrected chi connectivity index (χ0v) is 11.8. The lowest BCUT2D eigenvalue weighted by Gasteiger charge is -2.27. The zero-order chi connectivity index (χ0) is 14.7. The molecule has 1 aliphatic heterocycles. The Bertz CT molecular complexity index is 622. The Labute approximate surface area is 123 Å². The second kappa shape index (κ2) is 6.33. The Kier molecular flexibility index (Phi) is 4.27. The lowest BCUT2D eigenvalue weighted by molar-refractivity contribution is 0.230. The molecule has 0 radical (unpaired) electrons. The van der Waals surface area contributed by atoms with Gasteiger partial charge in [-0.25, -0.2) is 8.78 Å². The van der Waals surface area contributed by atoms with E-state index in [0.29, 0.717) is 23.2 Å². The molecule has 21 heavy (non-hydrogen) atoms. The molecule has 0 aliphatic carbocycles. The van der Waals surface area contributed by atoms with Crippen molar-refractivity contribution in [3.05, 3.63) is 59.7 Å². The van der Waals surface area contributed by atoms with Gasteiger partial charge >= 0.3 is 0 Å². The molecule has 1 N–H and O–H groups in total. The first-order chi connectivity index (χ1) is 10.2. The molecule has 2 aromatic rings. The maximum atomic E-state index is 14.3. The molecule has 0 amide bonds. The SMILES string of the molecule is Fc1cccc(-c2ccc(CN3CCNCC3)c(F)c2)c1. The Morgan fingerprint density at radius 3 is 2.43 bits per heavy atom. The average molecular weight is 288 g/mol. The first kappa shape index (κ1) is 14.2. The Balaban J connectivity index is 1.79. The van der Waals surface area contributed by atoms with Crippen molar-refractivity contribution in [1.29, 1.82) is 0 Å². The molecule has 2 nitrogen and oxygen atoms in total. The summed E-state index contributed by atoms with van der Waals surface area (Å²) in [6.45, 7) is 4.39. The van der Waals surface area contributed by atoms with Gasteiger partial charge in [-0.05, 0) is 29.3 Å². The van der Waals surface area contributed by atoms with E-state index in [1.807, 2.05) is 6.07 Å². The third kappa shape index (κ3) is 3.46. The van der Waals surface area contributed by atoms with E-state index >= 15 is 0 Å². The summed E-state index contributed by atoms with van der Waals surface area (Å²) in [7, 11) is 0. The second-order valence-corrected chi connectivity index (χ2v) is 5.34. The van der Waals surface area contributed by atoms with E-state index in [1.54, 1.807) is 18.2 Å². The normalized spacial score (nSPS) is 16.1. The van der Waals surface area contributed by atoms with E-state index in [0.717, 1.165) is 26.2 Å². The van der Waals surface area contributed by atoms with Crippen LogP contribution in [0.15, 0.2) is 42.5 Å². The summed E-state index contributed by atoms with van der Waals surface area (Å²) in [5.41, 5.74) is 2.09. The van der Waals surface area contributed by atoms with Crippen LogP contribution in [0.5, 0.6) is 0 Å². The van der Waals surface area contributed by atoms with E-state index in [4.69, 9.17) is 0 Å². The van der Waals surface area contributed by atoms with E-state index in [2.05, 4.69) is 10.2 Å². The molecule has 1 fully saturated rings. The number of hydrogen-bond acceptors (Lipinski definition) is 2. The quantitative estimate of drug-likeness (QED) is 0.934. The third-order valence-corrected chi connectivity index (χ3v) is 3.81. The summed E-state index contributed by atoms with van der Waals surface area (Å²) in [4.78, 5) is 2.23. The maximum absolute atomic E-state index is 14.3. The van der Waals surface area contributed by atoms with Crippen LogP contribution in [0.3, 0.4) is 0 Å². The summed E-state index contributed by atoms with van der Waals surface area (Å²) in [5.74, 6) is -0.534. The molecule has 110 valence electrons. The van der Waals surface area contributed by atoms with E-state index in [-0.39, 0.29) is 11.6 Å². The van der Waals surface area contributed by atoms with Crippen molar-refractivity contribution in [2.24, 2.45) is 0 Å². The lowest BCUT2D eigenvalue weighted by atomic mass is 10.0. The third-order valence-electron chi connectivity index (χ3n) is 3.81. The van der Waals surface area contributed by atoms with Crippen LogP contribution in [0.4, 0.5) is 8.78 Å². The van der Waals surface area contributed by atoms with Crippen LogP contribution in [0.25, 0.3) is 11.1 Å². The maximum Gasteiger partial charge on any atom is 0.128 e. The van der Waals surface area contributed by atoms with Crippen LogP contribution >= 0.6 is 0 Å².